The van der Waals surface area contributed by atoms with Gasteiger partial charge < -0.3 is 9.67 Å². The maximum absolute atomic E-state index is 13.7. The van der Waals surface area contributed by atoms with E-state index in [1.807, 2.05) is 6.92 Å². The predicted octanol–water partition coefficient (Wildman–Crippen LogP) is 4.31. The number of benzene rings is 1. The SMILES string of the molecule is CCC(C(=O)O)C1CCCc2c(C(=O)c3ccc(Cl)cc3)c3c(S(C)(=O)=O)ccnc3n21. The van der Waals surface area contributed by atoms with Gasteiger partial charge in [-0.2, -0.15) is 0 Å². The molecule has 168 valence electrons. The fraction of sp³-hybridized carbons (Fsp3) is 0.348. The summed E-state index contributed by atoms with van der Waals surface area (Å²) in [4.78, 5) is 30.1. The maximum atomic E-state index is 13.7. The van der Waals surface area contributed by atoms with Crippen LogP contribution in [0.1, 0.15) is 53.8 Å². The third-order valence-corrected chi connectivity index (χ3v) is 7.54. The van der Waals surface area contributed by atoms with E-state index in [0.717, 1.165) is 6.26 Å². The van der Waals surface area contributed by atoms with Crippen molar-refractivity contribution in [3.8, 4) is 0 Å². The molecule has 0 saturated heterocycles. The number of ketones is 1. The largest absolute Gasteiger partial charge is 0.481 e. The number of nitrogens with zero attached hydrogens (tertiary/aromatic N) is 2. The van der Waals surface area contributed by atoms with Crippen molar-refractivity contribution in [2.45, 2.75) is 43.5 Å². The molecule has 0 amide bonds. The highest BCUT2D eigenvalue weighted by Crippen LogP contribution is 2.42. The number of hydrogen-bond acceptors (Lipinski definition) is 5. The topological polar surface area (TPSA) is 106 Å². The zero-order valence-electron chi connectivity index (χ0n) is 17.7. The average Bonchev–Trinajstić information content (AvgIpc) is 3.08. The van der Waals surface area contributed by atoms with E-state index in [1.165, 1.54) is 12.3 Å². The second-order valence-corrected chi connectivity index (χ2v) is 10.5. The zero-order valence-corrected chi connectivity index (χ0v) is 19.3. The molecule has 0 bridgehead atoms. The van der Waals surface area contributed by atoms with Gasteiger partial charge in [0.1, 0.15) is 5.65 Å². The van der Waals surface area contributed by atoms with Crippen LogP contribution in [0.2, 0.25) is 5.02 Å². The van der Waals surface area contributed by atoms with Gasteiger partial charge in [0, 0.05) is 40.2 Å². The van der Waals surface area contributed by atoms with Crippen LogP contribution >= 0.6 is 11.6 Å². The molecule has 4 rings (SSSR count). The van der Waals surface area contributed by atoms with Crippen LogP contribution in [0.25, 0.3) is 11.0 Å². The molecule has 0 spiro atoms. The summed E-state index contributed by atoms with van der Waals surface area (Å²) in [5.74, 6) is -1.92. The van der Waals surface area contributed by atoms with Crippen molar-refractivity contribution in [2.75, 3.05) is 6.26 Å². The van der Waals surface area contributed by atoms with E-state index in [2.05, 4.69) is 4.98 Å². The minimum Gasteiger partial charge on any atom is -0.481 e. The molecule has 3 heterocycles. The second-order valence-electron chi connectivity index (χ2n) is 8.12. The number of carbonyl (C=O) groups excluding carboxylic acids is 1. The maximum Gasteiger partial charge on any atom is 0.308 e. The Labute approximate surface area is 190 Å². The number of aliphatic carboxylic acids is 1. The van der Waals surface area contributed by atoms with E-state index in [4.69, 9.17) is 11.6 Å². The lowest BCUT2D eigenvalue weighted by atomic mass is 9.88. The number of hydrogen-bond donors (Lipinski definition) is 1. The van der Waals surface area contributed by atoms with Gasteiger partial charge >= 0.3 is 5.97 Å². The van der Waals surface area contributed by atoms with Crippen LogP contribution in [0.5, 0.6) is 0 Å². The highest BCUT2D eigenvalue weighted by Gasteiger charge is 2.37. The van der Waals surface area contributed by atoms with Crippen molar-refractivity contribution in [3.63, 3.8) is 0 Å². The standard InChI is InChI=1S/C23H23ClN2O5S/c1-3-15(23(28)29)16-5-4-6-17-19(21(27)13-7-9-14(24)10-8-13)20-18(32(2,30)31)11-12-25-22(20)26(16)17/h7-12,15-16H,3-6H2,1-2H3,(H,28,29). The molecule has 0 saturated carbocycles. The minimum absolute atomic E-state index is 0.0174. The van der Waals surface area contributed by atoms with Crippen molar-refractivity contribution in [3.05, 3.63) is 58.4 Å². The molecular weight excluding hydrogens is 452 g/mol. The Morgan fingerprint density at radius 1 is 1.25 bits per heavy atom. The monoisotopic (exact) mass is 474 g/mol. The van der Waals surface area contributed by atoms with E-state index in [-0.39, 0.29) is 21.6 Å². The van der Waals surface area contributed by atoms with Gasteiger partial charge in [0.2, 0.25) is 0 Å². The molecule has 2 aromatic heterocycles. The lowest BCUT2D eigenvalue weighted by Crippen LogP contribution is -2.30. The summed E-state index contributed by atoms with van der Waals surface area (Å²) in [5.41, 5.74) is 1.63. The van der Waals surface area contributed by atoms with Gasteiger partial charge in [-0.3, -0.25) is 9.59 Å². The van der Waals surface area contributed by atoms with Crippen molar-refractivity contribution < 1.29 is 23.1 Å². The van der Waals surface area contributed by atoms with Crippen molar-refractivity contribution in [1.82, 2.24) is 9.55 Å². The van der Waals surface area contributed by atoms with Gasteiger partial charge in [0.25, 0.3) is 0 Å². The molecule has 0 radical (unpaired) electrons. The molecular formula is C23H23ClN2O5S. The highest BCUT2D eigenvalue weighted by atomic mass is 35.5. The molecule has 7 nitrogen and oxygen atoms in total. The van der Waals surface area contributed by atoms with Crippen LogP contribution < -0.4 is 0 Å². The Kier molecular flexibility index (Phi) is 5.85. The summed E-state index contributed by atoms with van der Waals surface area (Å²) < 4.78 is 27.1. The third kappa shape index (κ3) is 3.71. The van der Waals surface area contributed by atoms with E-state index < -0.39 is 27.8 Å². The molecule has 1 aliphatic heterocycles. The Morgan fingerprint density at radius 2 is 1.94 bits per heavy atom. The number of rotatable bonds is 6. The van der Waals surface area contributed by atoms with Crippen LogP contribution in [0.15, 0.2) is 41.4 Å². The lowest BCUT2D eigenvalue weighted by molar-refractivity contribution is -0.143. The van der Waals surface area contributed by atoms with Crippen LogP contribution in [0, 0.1) is 5.92 Å². The number of carboxylic acids is 1. The summed E-state index contributed by atoms with van der Waals surface area (Å²) >= 11 is 5.98. The highest BCUT2D eigenvalue weighted by molar-refractivity contribution is 7.91. The molecule has 3 aromatic rings. The minimum atomic E-state index is -3.68. The van der Waals surface area contributed by atoms with Gasteiger partial charge in [0.05, 0.1) is 16.4 Å². The van der Waals surface area contributed by atoms with Crippen LogP contribution in [0.3, 0.4) is 0 Å². The average molecular weight is 475 g/mol. The number of sulfone groups is 1. The summed E-state index contributed by atoms with van der Waals surface area (Å²) in [5, 5.41) is 10.6. The van der Waals surface area contributed by atoms with Gasteiger partial charge in [-0.25, -0.2) is 13.4 Å². The number of carbonyl (C=O) groups is 2. The molecule has 32 heavy (non-hydrogen) atoms. The lowest BCUT2D eigenvalue weighted by Gasteiger charge is -2.31. The summed E-state index contributed by atoms with van der Waals surface area (Å²) in [6, 6.07) is 7.39. The Bertz CT molecular complexity index is 1330. The molecule has 9 heteroatoms. The summed E-state index contributed by atoms with van der Waals surface area (Å²) in [6.07, 6.45) is 4.74. The van der Waals surface area contributed by atoms with Crippen molar-refractivity contribution in [1.29, 1.82) is 0 Å². The zero-order chi connectivity index (χ0) is 23.2. The van der Waals surface area contributed by atoms with Crippen molar-refractivity contribution >= 4 is 44.2 Å². The summed E-state index contributed by atoms with van der Waals surface area (Å²) in [6.45, 7) is 1.81. The molecule has 0 fully saturated rings. The number of carboxylic acid groups (broad SMARTS) is 1. The van der Waals surface area contributed by atoms with E-state index in [0.29, 0.717) is 47.6 Å². The van der Waals surface area contributed by atoms with Gasteiger partial charge in [-0.05, 0) is 56.0 Å². The fourth-order valence-electron chi connectivity index (χ4n) is 4.75. The van der Waals surface area contributed by atoms with Crippen LogP contribution in [-0.4, -0.2) is 41.1 Å². The van der Waals surface area contributed by atoms with Crippen LogP contribution in [-0.2, 0) is 21.1 Å². The molecule has 1 aliphatic rings. The fourth-order valence-corrected chi connectivity index (χ4v) is 5.74. The Morgan fingerprint density at radius 3 is 2.53 bits per heavy atom. The van der Waals surface area contributed by atoms with E-state index in [9.17, 15) is 23.1 Å². The van der Waals surface area contributed by atoms with Gasteiger partial charge in [-0.1, -0.05) is 18.5 Å². The number of halogens is 1. The first-order chi connectivity index (χ1) is 15.1. The smallest absolute Gasteiger partial charge is 0.308 e. The first-order valence-corrected chi connectivity index (χ1v) is 12.7. The Balaban J connectivity index is 2.08. The molecule has 1 aromatic carbocycles. The third-order valence-electron chi connectivity index (χ3n) is 6.15. The predicted molar refractivity (Wildman–Crippen MR) is 121 cm³/mol. The van der Waals surface area contributed by atoms with Gasteiger partial charge in [-0.15, -0.1) is 0 Å². The number of fused-ring (bicyclic) bond motifs is 3. The van der Waals surface area contributed by atoms with E-state index >= 15 is 0 Å². The second kappa shape index (κ2) is 8.33. The van der Waals surface area contributed by atoms with E-state index in [1.54, 1.807) is 28.8 Å². The molecule has 2 unspecified atom stereocenters. The Hall–Kier alpha value is -2.71. The first-order valence-electron chi connectivity index (χ1n) is 10.4. The molecule has 1 N–H and O–H groups in total. The molecule has 0 aliphatic carbocycles. The molecule has 2 atom stereocenters. The van der Waals surface area contributed by atoms with Crippen molar-refractivity contribution in [2.24, 2.45) is 5.92 Å². The first kappa shape index (κ1) is 22.5. The normalized spacial score (nSPS) is 17.2. The quantitative estimate of drug-likeness (QED) is 0.533. The van der Waals surface area contributed by atoms with Gasteiger partial charge in [0.15, 0.2) is 15.6 Å². The number of aromatic nitrogens is 2. The summed E-state index contributed by atoms with van der Waals surface area (Å²) in [7, 11) is -3.68. The van der Waals surface area contributed by atoms with Crippen LogP contribution in [0.4, 0.5) is 0 Å². The number of pyridine rings is 1.